The first-order valence-corrected chi connectivity index (χ1v) is 12.6. The van der Waals surface area contributed by atoms with Crippen LogP contribution in [0.15, 0.2) is 35.2 Å². The van der Waals surface area contributed by atoms with Crippen LogP contribution in [0.25, 0.3) is 10.6 Å². The van der Waals surface area contributed by atoms with Crippen LogP contribution in [0.4, 0.5) is 0 Å². The lowest BCUT2D eigenvalue weighted by molar-refractivity contribution is 0.00865. The lowest BCUT2D eigenvalue weighted by Crippen LogP contribution is -2.64. The highest BCUT2D eigenvalue weighted by atomic mass is 35.5. The van der Waals surface area contributed by atoms with Gasteiger partial charge in [0.1, 0.15) is 15.6 Å². The molecule has 2 saturated heterocycles. The second-order valence-electron chi connectivity index (χ2n) is 8.01. The van der Waals surface area contributed by atoms with Gasteiger partial charge >= 0.3 is 0 Å². The zero-order chi connectivity index (χ0) is 22.2. The van der Waals surface area contributed by atoms with Gasteiger partial charge in [0.05, 0.1) is 11.2 Å². The van der Waals surface area contributed by atoms with E-state index < -0.39 is 0 Å². The van der Waals surface area contributed by atoms with E-state index in [1.165, 1.54) is 22.7 Å². The Balaban J connectivity index is 1.15. The third-order valence-electron chi connectivity index (χ3n) is 6.00. The molecule has 0 aliphatic carbocycles. The van der Waals surface area contributed by atoms with Crippen molar-refractivity contribution in [1.82, 2.24) is 24.7 Å². The molecule has 0 unspecified atom stereocenters. The van der Waals surface area contributed by atoms with Crippen molar-refractivity contribution < 1.29 is 9.59 Å². The molecule has 2 aliphatic heterocycles. The highest BCUT2D eigenvalue weighted by molar-refractivity contribution is 7.17. The first kappa shape index (κ1) is 21.5. The van der Waals surface area contributed by atoms with Crippen molar-refractivity contribution >= 4 is 46.1 Å². The Morgan fingerprint density at radius 3 is 2.41 bits per heavy atom. The van der Waals surface area contributed by atoms with Gasteiger partial charge in [0.25, 0.3) is 11.8 Å². The Morgan fingerprint density at radius 1 is 1.03 bits per heavy atom. The fraction of sp³-hybridized carbons (Fsp3) is 0.364. The van der Waals surface area contributed by atoms with E-state index >= 15 is 0 Å². The SMILES string of the molecule is Cc1nc(-c2ccc(Cl)cc2)sc1C(=O)N1CC(N2CCN(C(=O)c3cscn3)CC2)C1. The van der Waals surface area contributed by atoms with Crippen LogP contribution < -0.4 is 0 Å². The van der Waals surface area contributed by atoms with Crippen molar-refractivity contribution in [2.75, 3.05) is 39.3 Å². The van der Waals surface area contributed by atoms with Gasteiger partial charge in [-0.3, -0.25) is 14.5 Å². The molecule has 0 spiro atoms. The minimum atomic E-state index is 0.00785. The molecule has 0 atom stereocenters. The lowest BCUT2D eigenvalue weighted by Gasteiger charge is -2.48. The first-order valence-electron chi connectivity index (χ1n) is 10.4. The van der Waals surface area contributed by atoms with Crippen molar-refractivity contribution in [3.05, 3.63) is 56.4 Å². The first-order chi connectivity index (χ1) is 15.5. The molecule has 7 nitrogen and oxygen atoms in total. The maximum absolute atomic E-state index is 13.0. The van der Waals surface area contributed by atoms with Crippen molar-refractivity contribution in [3.63, 3.8) is 0 Å². The molecule has 10 heteroatoms. The Labute approximate surface area is 199 Å². The maximum atomic E-state index is 13.0. The number of likely N-dealkylation sites (tertiary alicyclic amines) is 1. The number of nitrogens with zero attached hydrogens (tertiary/aromatic N) is 5. The average Bonchev–Trinajstić information content (AvgIpc) is 3.43. The van der Waals surface area contributed by atoms with Gasteiger partial charge in [-0.15, -0.1) is 22.7 Å². The number of aromatic nitrogens is 2. The number of amides is 2. The molecule has 2 aliphatic rings. The van der Waals surface area contributed by atoms with Gasteiger partial charge in [-0.1, -0.05) is 23.7 Å². The molecule has 166 valence electrons. The van der Waals surface area contributed by atoms with Crippen LogP contribution in [-0.4, -0.2) is 81.8 Å². The van der Waals surface area contributed by atoms with Crippen molar-refractivity contribution in [1.29, 1.82) is 0 Å². The van der Waals surface area contributed by atoms with E-state index in [-0.39, 0.29) is 11.8 Å². The molecule has 2 aromatic heterocycles. The topological polar surface area (TPSA) is 69.6 Å². The molecular weight excluding hydrogens is 466 g/mol. The monoisotopic (exact) mass is 487 g/mol. The summed E-state index contributed by atoms with van der Waals surface area (Å²) in [6.45, 7) is 6.35. The number of carbonyl (C=O) groups excluding carboxylic acids is 2. The van der Waals surface area contributed by atoms with Crippen LogP contribution in [-0.2, 0) is 0 Å². The van der Waals surface area contributed by atoms with Gasteiger partial charge in [-0.05, 0) is 19.1 Å². The molecule has 5 rings (SSSR count). The summed E-state index contributed by atoms with van der Waals surface area (Å²) in [4.78, 5) is 41.1. The van der Waals surface area contributed by atoms with Gasteiger partial charge in [0, 0.05) is 61.3 Å². The molecule has 3 aromatic rings. The van der Waals surface area contributed by atoms with E-state index in [0.29, 0.717) is 47.8 Å². The molecule has 2 fully saturated rings. The highest BCUT2D eigenvalue weighted by Crippen LogP contribution is 2.31. The molecule has 0 N–H and O–H groups in total. The van der Waals surface area contributed by atoms with Gasteiger partial charge in [0.15, 0.2) is 0 Å². The minimum absolute atomic E-state index is 0.00785. The number of halogens is 1. The van der Waals surface area contributed by atoms with E-state index in [1.807, 2.05) is 41.0 Å². The quantitative estimate of drug-likeness (QED) is 0.563. The van der Waals surface area contributed by atoms with Crippen LogP contribution in [0.3, 0.4) is 0 Å². The summed E-state index contributed by atoms with van der Waals surface area (Å²) in [7, 11) is 0. The highest BCUT2D eigenvalue weighted by Gasteiger charge is 2.38. The Hall–Kier alpha value is -2.33. The predicted octanol–water partition coefficient (Wildman–Crippen LogP) is 3.51. The summed E-state index contributed by atoms with van der Waals surface area (Å²) >= 11 is 8.85. The number of carbonyl (C=O) groups is 2. The third-order valence-corrected chi connectivity index (χ3v) is 8.03. The number of hydrogen-bond acceptors (Lipinski definition) is 7. The van der Waals surface area contributed by atoms with Crippen molar-refractivity contribution in [2.45, 2.75) is 13.0 Å². The standard InChI is InChI=1S/C22H22ClN5O2S2/c1-14-19(32-20(25-14)15-2-4-16(23)5-3-15)22(30)28-10-17(11-28)26-6-8-27(9-7-26)21(29)18-12-31-13-24-18/h2-5,12-13,17H,6-11H2,1H3. The second-order valence-corrected chi connectivity index (χ2v) is 10.2. The van der Waals surface area contributed by atoms with E-state index in [0.717, 1.165) is 29.4 Å². The zero-order valence-electron chi connectivity index (χ0n) is 17.5. The molecule has 2 amide bonds. The van der Waals surface area contributed by atoms with E-state index in [2.05, 4.69) is 14.9 Å². The Bertz CT molecular complexity index is 1120. The molecule has 0 radical (unpaired) electrons. The zero-order valence-corrected chi connectivity index (χ0v) is 19.9. The van der Waals surface area contributed by atoms with Gasteiger partial charge in [-0.25, -0.2) is 9.97 Å². The predicted molar refractivity (Wildman–Crippen MR) is 127 cm³/mol. The fourth-order valence-corrected chi connectivity index (χ4v) is 5.77. The molecule has 0 bridgehead atoms. The van der Waals surface area contributed by atoms with Crippen molar-refractivity contribution in [2.24, 2.45) is 0 Å². The Kier molecular flexibility index (Phi) is 5.98. The summed E-state index contributed by atoms with van der Waals surface area (Å²) in [5, 5.41) is 3.31. The molecule has 1 aromatic carbocycles. The number of benzene rings is 1. The number of piperazine rings is 1. The van der Waals surface area contributed by atoms with E-state index in [1.54, 1.807) is 10.9 Å². The Morgan fingerprint density at radius 2 is 1.75 bits per heavy atom. The summed E-state index contributed by atoms with van der Waals surface area (Å²) in [5.74, 6) is 0.0577. The molecular formula is C22H22ClN5O2S2. The average molecular weight is 488 g/mol. The van der Waals surface area contributed by atoms with Crippen molar-refractivity contribution in [3.8, 4) is 10.6 Å². The lowest BCUT2D eigenvalue weighted by atomic mass is 10.1. The normalized spacial score (nSPS) is 17.4. The van der Waals surface area contributed by atoms with Gasteiger partial charge in [0.2, 0.25) is 0 Å². The number of rotatable bonds is 4. The van der Waals surface area contributed by atoms with Crippen LogP contribution in [0, 0.1) is 6.92 Å². The van der Waals surface area contributed by atoms with Crippen LogP contribution >= 0.6 is 34.3 Å². The molecule has 0 saturated carbocycles. The van der Waals surface area contributed by atoms with Gasteiger partial charge in [-0.2, -0.15) is 0 Å². The minimum Gasteiger partial charge on any atom is -0.335 e. The summed E-state index contributed by atoms with van der Waals surface area (Å²) in [6, 6.07) is 7.86. The van der Waals surface area contributed by atoms with Crippen LogP contribution in [0.1, 0.15) is 25.9 Å². The summed E-state index contributed by atoms with van der Waals surface area (Å²) < 4.78 is 0. The third kappa shape index (κ3) is 4.17. The van der Waals surface area contributed by atoms with Crippen LogP contribution in [0.2, 0.25) is 5.02 Å². The molecule has 32 heavy (non-hydrogen) atoms. The largest absolute Gasteiger partial charge is 0.335 e. The fourth-order valence-electron chi connectivity index (χ4n) is 4.08. The number of thiazole rings is 2. The summed E-state index contributed by atoms with van der Waals surface area (Å²) in [6.07, 6.45) is 0. The van der Waals surface area contributed by atoms with Crippen LogP contribution in [0.5, 0.6) is 0 Å². The second kappa shape index (κ2) is 8.90. The van der Waals surface area contributed by atoms with Gasteiger partial charge < -0.3 is 9.80 Å². The number of hydrogen-bond donors (Lipinski definition) is 0. The molecule has 4 heterocycles. The maximum Gasteiger partial charge on any atom is 0.273 e. The number of aryl methyl sites for hydroxylation is 1. The summed E-state index contributed by atoms with van der Waals surface area (Å²) in [5.41, 5.74) is 3.95. The van der Waals surface area contributed by atoms with E-state index in [4.69, 9.17) is 11.6 Å². The smallest absolute Gasteiger partial charge is 0.273 e. The van der Waals surface area contributed by atoms with E-state index in [9.17, 15) is 9.59 Å².